The summed E-state index contributed by atoms with van der Waals surface area (Å²) in [7, 11) is 1.60. The highest BCUT2D eigenvalue weighted by Crippen LogP contribution is 2.22. The molecule has 9 heteroatoms. The van der Waals surface area contributed by atoms with E-state index < -0.39 is 0 Å². The third-order valence-corrected chi connectivity index (χ3v) is 5.71. The molecular formula is C24H32N4O5. The molecule has 1 fully saturated rings. The van der Waals surface area contributed by atoms with Crippen molar-refractivity contribution in [3.63, 3.8) is 0 Å². The molecule has 1 aromatic carbocycles. The average Bonchev–Trinajstić information content (AvgIpc) is 2.81. The smallest absolute Gasteiger partial charge is 0.409 e. The number of methoxy groups -OCH3 is 1. The van der Waals surface area contributed by atoms with Crippen LogP contribution in [-0.2, 0) is 9.53 Å². The lowest BCUT2D eigenvalue weighted by Crippen LogP contribution is -2.46. The van der Waals surface area contributed by atoms with Gasteiger partial charge in [-0.25, -0.2) is 4.79 Å². The third-order valence-electron chi connectivity index (χ3n) is 5.71. The number of aromatic nitrogens is 1. The van der Waals surface area contributed by atoms with Crippen LogP contribution in [0.5, 0.6) is 5.75 Å². The van der Waals surface area contributed by atoms with Crippen LogP contribution in [0.4, 0.5) is 4.79 Å². The minimum Gasteiger partial charge on any atom is -0.497 e. The molecule has 2 N–H and O–H groups in total. The first-order valence-corrected chi connectivity index (χ1v) is 11.4. The van der Waals surface area contributed by atoms with Crippen LogP contribution in [0.15, 0.2) is 24.3 Å². The number of nitrogens with zero attached hydrogens (tertiary/aromatic N) is 2. The fourth-order valence-electron chi connectivity index (χ4n) is 3.87. The number of benzene rings is 1. The zero-order valence-electron chi connectivity index (χ0n) is 19.5. The summed E-state index contributed by atoms with van der Waals surface area (Å²) in [5.74, 6) is 0.447. The van der Waals surface area contributed by atoms with E-state index in [4.69, 9.17) is 9.47 Å². The molecular weight excluding hydrogens is 424 g/mol. The Kier molecular flexibility index (Phi) is 8.46. The van der Waals surface area contributed by atoms with Gasteiger partial charge < -0.3 is 25.0 Å². The molecule has 2 aromatic rings. The number of nitrogens with one attached hydrogen (secondary N) is 2. The molecule has 1 aliphatic rings. The van der Waals surface area contributed by atoms with Gasteiger partial charge in [-0.1, -0.05) is 0 Å². The van der Waals surface area contributed by atoms with E-state index in [9.17, 15) is 14.4 Å². The highest BCUT2D eigenvalue weighted by atomic mass is 16.6. The van der Waals surface area contributed by atoms with Gasteiger partial charge in [0.2, 0.25) is 5.91 Å². The predicted molar refractivity (Wildman–Crippen MR) is 124 cm³/mol. The Bertz CT molecular complexity index is 1000. The number of hydrogen-bond acceptors (Lipinski definition) is 6. The van der Waals surface area contributed by atoms with Crippen molar-refractivity contribution in [3.05, 3.63) is 35.5 Å². The molecule has 0 bridgehead atoms. The molecule has 0 aliphatic carbocycles. The van der Waals surface area contributed by atoms with Gasteiger partial charge in [-0.15, -0.1) is 0 Å². The Morgan fingerprint density at radius 2 is 1.94 bits per heavy atom. The number of hydrogen-bond donors (Lipinski definition) is 2. The standard InChI is InChI=1S/C24H32N4O5/c1-4-33-24(31)28-12-9-18(10-13-28)27-22(29)6-5-11-25-23(30)20-15-17-14-19(32-3)7-8-21(17)26-16(20)2/h7-8,14-15,18H,4-6,9-13H2,1-3H3,(H,25,30)(H,27,29). The second-order valence-corrected chi connectivity index (χ2v) is 8.07. The molecule has 1 aromatic heterocycles. The minimum absolute atomic E-state index is 0.0468. The first-order valence-electron chi connectivity index (χ1n) is 11.4. The highest BCUT2D eigenvalue weighted by Gasteiger charge is 2.24. The lowest BCUT2D eigenvalue weighted by atomic mass is 10.1. The van der Waals surface area contributed by atoms with Crippen molar-refractivity contribution < 1.29 is 23.9 Å². The summed E-state index contributed by atoms with van der Waals surface area (Å²) >= 11 is 0. The van der Waals surface area contributed by atoms with E-state index in [1.54, 1.807) is 25.9 Å². The normalized spacial score (nSPS) is 14.1. The Balaban J connectivity index is 1.41. The first kappa shape index (κ1) is 24.3. The number of ether oxygens (including phenoxy) is 2. The van der Waals surface area contributed by atoms with Crippen LogP contribution in [0.1, 0.15) is 48.7 Å². The summed E-state index contributed by atoms with van der Waals surface area (Å²) in [4.78, 5) is 42.8. The largest absolute Gasteiger partial charge is 0.497 e. The van der Waals surface area contributed by atoms with Crippen molar-refractivity contribution in [2.75, 3.05) is 33.4 Å². The number of carbonyl (C=O) groups is 3. The second-order valence-electron chi connectivity index (χ2n) is 8.07. The second kappa shape index (κ2) is 11.5. The number of amides is 3. The molecule has 1 aliphatic heterocycles. The number of pyridine rings is 1. The molecule has 9 nitrogen and oxygen atoms in total. The highest BCUT2D eigenvalue weighted by molar-refractivity contribution is 5.98. The van der Waals surface area contributed by atoms with Crippen LogP contribution in [0, 0.1) is 6.92 Å². The van der Waals surface area contributed by atoms with Gasteiger partial charge in [0, 0.05) is 37.5 Å². The number of carbonyl (C=O) groups excluding carboxylic acids is 3. The Labute approximate surface area is 193 Å². The van der Waals surface area contributed by atoms with Gasteiger partial charge in [0.05, 0.1) is 30.5 Å². The SMILES string of the molecule is CCOC(=O)N1CCC(NC(=O)CCCNC(=O)c2cc3cc(OC)ccc3nc2C)CC1. The maximum Gasteiger partial charge on any atom is 0.409 e. The zero-order chi connectivity index (χ0) is 23.8. The van der Waals surface area contributed by atoms with Crippen LogP contribution in [-0.4, -0.2) is 67.2 Å². The van der Waals surface area contributed by atoms with E-state index >= 15 is 0 Å². The van der Waals surface area contributed by atoms with E-state index in [1.165, 1.54) is 0 Å². The van der Waals surface area contributed by atoms with Crippen molar-refractivity contribution in [3.8, 4) is 5.75 Å². The van der Waals surface area contributed by atoms with Crippen LogP contribution in [0.25, 0.3) is 10.9 Å². The van der Waals surface area contributed by atoms with Crippen molar-refractivity contribution in [2.24, 2.45) is 0 Å². The number of aryl methyl sites for hydroxylation is 1. The van der Waals surface area contributed by atoms with E-state index in [0.29, 0.717) is 68.9 Å². The molecule has 0 spiro atoms. The molecule has 1 saturated heterocycles. The van der Waals surface area contributed by atoms with Crippen molar-refractivity contribution >= 4 is 28.8 Å². The molecule has 0 atom stereocenters. The maximum absolute atomic E-state index is 12.6. The monoisotopic (exact) mass is 456 g/mol. The van der Waals surface area contributed by atoms with Gasteiger partial charge in [-0.05, 0) is 57.4 Å². The van der Waals surface area contributed by atoms with Crippen LogP contribution in [0.3, 0.4) is 0 Å². The van der Waals surface area contributed by atoms with Gasteiger partial charge in [0.1, 0.15) is 5.75 Å². The number of likely N-dealkylation sites (tertiary alicyclic amines) is 1. The Morgan fingerprint density at radius 1 is 1.18 bits per heavy atom. The summed E-state index contributed by atoms with van der Waals surface area (Å²) in [6.45, 7) is 5.49. The van der Waals surface area contributed by atoms with E-state index in [-0.39, 0.29) is 23.9 Å². The molecule has 3 rings (SSSR count). The van der Waals surface area contributed by atoms with E-state index in [2.05, 4.69) is 15.6 Å². The van der Waals surface area contributed by atoms with Gasteiger partial charge >= 0.3 is 6.09 Å². The maximum atomic E-state index is 12.6. The zero-order valence-corrected chi connectivity index (χ0v) is 19.5. The molecule has 178 valence electrons. The lowest BCUT2D eigenvalue weighted by molar-refractivity contribution is -0.122. The topological polar surface area (TPSA) is 110 Å². The van der Waals surface area contributed by atoms with E-state index in [1.807, 2.05) is 24.3 Å². The van der Waals surface area contributed by atoms with Crippen molar-refractivity contribution in [2.45, 2.75) is 45.6 Å². The minimum atomic E-state index is -0.297. The summed E-state index contributed by atoms with van der Waals surface area (Å²) in [5.41, 5.74) is 1.96. The molecule has 3 amide bonds. The van der Waals surface area contributed by atoms with Gasteiger partial charge in [0.15, 0.2) is 0 Å². The predicted octanol–water partition coefficient (Wildman–Crippen LogP) is 2.80. The van der Waals surface area contributed by atoms with Crippen molar-refractivity contribution in [1.29, 1.82) is 0 Å². The fraction of sp³-hybridized carbons (Fsp3) is 0.500. The molecule has 0 unspecified atom stereocenters. The molecule has 0 radical (unpaired) electrons. The molecule has 2 heterocycles. The summed E-state index contributed by atoms with van der Waals surface area (Å²) in [6.07, 6.45) is 1.98. The van der Waals surface area contributed by atoms with Gasteiger partial charge in [-0.2, -0.15) is 0 Å². The quantitative estimate of drug-likeness (QED) is 0.591. The summed E-state index contributed by atoms with van der Waals surface area (Å²) in [5, 5.41) is 6.72. The fourth-order valence-corrected chi connectivity index (χ4v) is 3.87. The number of rotatable bonds is 8. The van der Waals surface area contributed by atoms with Crippen molar-refractivity contribution in [1.82, 2.24) is 20.5 Å². The number of fused-ring (bicyclic) bond motifs is 1. The first-order chi connectivity index (χ1) is 15.9. The van der Waals surface area contributed by atoms with Gasteiger partial charge in [0.25, 0.3) is 5.91 Å². The summed E-state index contributed by atoms with van der Waals surface area (Å²) in [6, 6.07) is 7.41. The van der Waals surface area contributed by atoms with Crippen LogP contribution < -0.4 is 15.4 Å². The third kappa shape index (κ3) is 6.57. The van der Waals surface area contributed by atoms with Crippen LogP contribution >= 0.6 is 0 Å². The average molecular weight is 457 g/mol. The summed E-state index contributed by atoms with van der Waals surface area (Å²) < 4.78 is 10.3. The van der Waals surface area contributed by atoms with Crippen LogP contribution in [0.2, 0.25) is 0 Å². The molecule has 0 saturated carbocycles. The lowest BCUT2D eigenvalue weighted by Gasteiger charge is -2.31. The molecule has 33 heavy (non-hydrogen) atoms. The number of piperidine rings is 1. The Morgan fingerprint density at radius 3 is 2.64 bits per heavy atom. The van der Waals surface area contributed by atoms with E-state index in [0.717, 1.165) is 10.9 Å². The Hall–Kier alpha value is -3.36. The van der Waals surface area contributed by atoms with Gasteiger partial charge in [-0.3, -0.25) is 14.6 Å².